The number of amides is 2. The van der Waals surface area contributed by atoms with Crippen molar-refractivity contribution in [2.45, 2.75) is 32.9 Å². The van der Waals surface area contributed by atoms with Crippen molar-refractivity contribution in [2.75, 3.05) is 0 Å². The zero-order chi connectivity index (χ0) is 17.6. The van der Waals surface area contributed by atoms with Crippen LogP contribution in [0.3, 0.4) is 0 Å². The standard InChI is InChI=1S/C18H20N4O3/c1-12(2)16-8-15(25-22-16)10-20-18(23)19-9-14-11-24-17(21-14)13-6-4-3-5-7-13/h3-8,11-12H,9-10H2,1-2H3,(H2,19,20,23). The van der Waals surface area contributed by atoms with Gasteiger partial charge in [0.25, 0.3) is 0 Å². The van der Waals surface area contributed by atoms with Gasteiger partial charge in [0, 0.05) is 11.6 Å². The molecule has 3 rings (SSSR count). The number of hydrogen-bond acceptors (Lipinski definition) is 5. The molecular weight excluding hydrogens is 320 g/mol. The molecule has 2 heterocycles. The van der Waals surface area contributed by atoms with Gasteiger partial charge in [0.2, 0.25) is 5.89 Å². The maximum atomic E-state index is 11.9. The van der Waals surface area contributed by atoms with Gasteiger partial charge in [-0.25, -0.2) is 9.78 Å². The second kappa shape index (κ2) is 7.65. The molecule has 0 saturated carbocycles. The highest BCUT2D eigenvalue weighted by molar-refractivity contribution is 5.73. The zero-order valence-corrected chi connectivity index (χ0v) is 14.2. The third kappa shape index (κ3) is 4.47. The van der Waals surface area contributed by atoms with Crippen LogP contribution in [0.25, 0.3) is 11.5 Å². The van der Waals surface area contributed by atoms with Crippen molar-refractivity contribution in [2.24, 2.45) is 0 Å². The van der Waals surface area contributed by atoms with E-state index in [0.29, 0.717) is 17.3 Å². The van der Waals surface area contributed by atoms with E-state index in [1.165, 1.54) is 6.26 Å². The minimum absolute atomic E-state index is 0.274. The largest absolute Gasteiger partial charge is 0.444 e. The van der Waals surface area contributed by atoms with Crippen molar-refractivity contribution in [3.63, 3.8) is 0 Å². The van der Waals surface area contributed by atoms with Gasteiger partial charge in [-0.3, -0.25) is 0 Å². The summed E-state index contributed by atoms with van der Waals surface area (Å²) in [6.07, 6.45) is 1.54. The van der Waals surface area contributed by atoms with Crippen molar-refractivity contribution in [1.82, 2.24) is 20.8 Å². The molecule has 2 amide bonds. The van der Waals surface area contributed by atoms with Gasteiger partial charge in [0.15, 0.2) is 5.76 Å². The van der Waals surface area contributed by atoms with Crippen LogP contribution in [0.1, 0.15) is 36.9 Å². The molecule has 7 nitrogen and oxygen atoms in total. The Hall–Kier alpha value is -3.09. The first-order chi connectivity index (χ1) is 12.1. The smallest absolute Gasteiger partial charge is 0.315 e. The van der Waals surface area contributed by atoms with Crippen LogP contribution >= 0.6 is 0 Å². The third-order valence-electron chi connectivity index (χ3n) is 3.59. The molecule has 0 atom stereocenters. The SMILES string of the molecule is CC(C)c1cc(CNC(=O)NCc2coc(-c3ccccc3)n2)on1. The molecule has 0 spiro atoms. The van der Waals surface area contributed by atoms with Crippen LogP contribution in [-0.4, -0.2) is 16.2 Å². The summed E-state index contributed by atoms with van der Waals surface area (Å²) in [6, 6.07) is 11.1. The number of carbonyl (C=O) groups excluding carboxylic acids is 1. The lowest BCUT2D eigenvalue weighted by Gasteiger charge is -2.03. The minimum Gasteiger partial charge on any atom is -0.444 e. The van der Waals surface area contributed by atoms with E-state index in [2.05, 4.69) is 20.8 Å². The minimum atomic E-state index is -0.313. The van der Waals surface area contributed by atoms with Crippen LogP contribution in [0, 0.1) is 0 Å². The zero-order valence-electron chi connectivity index (χ0n) is 14.2. The molecule has 130 valence electrons. The van der Waals surface area contributed by atoms with E-state index >= 15 is 0 Å². The van der Waals surface area contributed by atoms with E-state index in [1.54, 1.807) is 0 Å². The molecule has 0 unspecified atom stereocenters. The van der Waals surface area contributed by atoms with Crippen LogP contribution in [0.15, 0.2) is 51.6 Å². The Kier molecular flexibility index (Phi) is 5.13. The molecule has 0 aliphatic rings. The first kappa shape index (κ1) is 16.8. The predicted octanol–water partition coefficient (Wildman–Crippen LogP) is 3.45. The topological polar surface area (TPSA) is 93.2 Å². The lowest BCUT2D eigenvalue weighted by atomic mass is 10.1. The summed E-state index contributed by atoms with van der Waals surface area (Å²) in [7, 11) is 0. The quantitative estimate of drug-likeness (QED) is 0.717. The molecule has 0 bridgehead atoms. The Morgan fingerprint density at radius 2 is 1.92 bits per heavy atom. The molecular formula is C18H20N4O3. The van der Waals surface area contributed by atoms with Crippen LogP contribution in [0.2, 0.25) is 0 Å². The lowest BCUT2D eigenvalue weighted by molar-refractivity contribution is 0.238. The molecule has 0 aliphatic heterocycles. The highest BCUT2D eigenvalue weighted by atomic mass is 16.5. The summed E-state index contributed by atoms with van der Waals surface area (Å²) in [5, 5.41) is 9.40. The van der Waals surface area contributed by atoms with Gasteiger partial charge in [-0.15, -0.1) is 0 Å². The molecule has 25 heavy (non-hydrogen) atoms. The van der Waals surface area contributed by atoms with Crippen LogP contribution in [0.4, 0.5) is 4.79 Å². The van der Waals surface area contributed by atoms with E-state index in [-0.39, 0.29) is 25.0 Å². The fraction of sp³-hybridized carbons (Fsp3) is 0.278. The average Bonchev–Trinajstić information content (AvgIpc) is 3.28. The maximum absolute atomic E-state index is 11.9. The Labute approximate surface area is 145 Å². The van der Waals surface area contributed by atoms with E-state index in [0.717, 1.165) is 11.3 Å². The number of nitrogens with zero attached hydrogens (tertiary/aromatic N) is 2. The van der Waals surface area contributed by atoms with Gasteiger partial charge in [0.05, 0.1) is 24.5 Å². The van der Waals surface area contributed by atoms with Gasteiger partial charge in [-0.1, -0.05) is 37.2 Å². The molecule has 0 aliphatic carbocycles. The number of hydrogen-bond donors (Lipinski definition) is 2. The Balaban J connectivity index is 1.47. The van der Waals surface area contributed by atoms with Crippen molar-refractivity contribution in [1.29, 1.82) is 0 Å². The average molecular weight is 340 g/mol. The third-order valence-corrected chi connectivity index (χ3v) is 3.59. The van der Waals surface area contributed by atoms with Crippen LogP contribution in [-0.2, 0) is 13.1 Å². The van der Waals surface area contributed by atoms with Crippen LogP contribution < -0.4 is 10.6 Å². The van der Waals surface area contributed by atoms with Gasteiger partial charge in [-0.05, 0) is 18.1 Å². The number of nitrogens with one attached hydrogen (secondary N) is 2. The molecule has 3 aromatic rings. The second-order valence-electron chi connectivity index (χ2n) is 5.92. The van der Waals surface area contributed by atoms with Crippen molar-refractivity contribution in [3.8, 4) is 11.5 Å². The fourth-order valence-electron chi connectivity index (χ4n) is 2.19. The van der Waals surface area contributed by atoms with Gasteiger partial charge in [-0.2, -0.15) is 0 Å². The van der Waals surface area contributed by atoms with Crippen molar-refractivity contribution in [3.05, 3.63) is 59.8 Å². The first-order valence-corrected chi connectivity index (χ1v) is 8.09. The number of aromatic nitrogens is 2. The summed E-state index contributed by atoms with van der Waals surface area (Å²) in [5.41, 5.74) is 2.41. The maximum Gasteiger partial charge on any atom is 0.315 e. The van der Waals surface area contributed by atoms with Crippen molar-refractivity contribution < 1.29 is 13.7 Å². The lowest BCUT2D eigenvalue weighted by Crippen LogP contribution is -2.34. The summed E-state index contributed by atoms with van der Waals surface area (Å²) in [5.74, 6) is 1.43. The van der Waals surface area contributed by atoms with Gasteiger partial charge < -0.3 is 19.6 Å². The molecule has 7 heteroatoms. The highest BCUT2D eigenvalue weighted by Gasteiger charge is 2.10. The molecule has 2 aromatic heterocycles. The van der Waals surface area contributed by atoms with Gasteiger partial charge in [0.1, 0.15) is 6.26 Å². The summed E-state index contributed by atoms with van der Waals surface area (Å²) >= 11 is 0. The Bertz CT molecular complexity index is 824. The summed E-state index contributed by atoms with van der Waals surface area (Å²) in [4.78, 5) is 16.2. The van der Waals surface area contributed by atoms with Crippen molar-refractivity contribution >= 4 is 6.03 Å². The van der Waals surface area contributed by atoms with E-state index in [1.807, 2.05) is 50.2 Å². The normalized spacial score (nSPS) is 10.8. The molecule has 2 N–H and O–H groups in total. The molecule has 1 aromatic carbocycles. The van der Waals surface area contributed by atoms with E-state index in [9.17, 15) is 4.79 Å². The first-order valence-electron chi connectivity index (χ1n) is 8.09. The predicted molar refractivity (Wildman–Crippen MR) is 91.6 cm³/mol. The molecule has 0 saturated heterocycles. The number of urea groups is 1. The molecule has 0 fully saturated rings. The van der Waals surface area contributed by atoms with E-state index < -0.39 is 0 Å². The van der Waals surface area contributed by atoms with E-state index in [4.69, 9.17) is 8.94 Å². The summed E-state index contributed by atoms with van der Waals surface area (Å²) in [6.45, 7) is 4.61. The number of carbonyl (C=O) groups is 1. The molecule has 0 radical (unpaired) electrons. The number of rotatable bonds is 6. The Morgan fingerprint density at radius 1 is 1.16 bits per heavy atom. The number of oxazole rings is 1. The number of benzene rings is 1. The monoisotopic (exact) mass is 340 g/mol. The fourth-order valence-corrected chi connectivity index (χ4v) is 2.19. The van der Waals surface area contributed by atoms with Crippen LogP contribution in [0.5, 0.6) is 0 Å². The van der Waals surface area contributed by atoms with Gasteiger partial charge >= 0.3 is 6.03 Å². The summed E-state index contributed by atoms with van der Waals surface area (Å²) < 4.78 is 10.6. The Morgan fingerprint density at radius 3 is 2.64 bits per heavy atom. The second-order valence-corrected chi connectivity index (χ2v) is 5.92. The highest BCUT2D eigenvalue weighted by Crippen LogP contribution is 2.17.